The van der Waals surface area contributed by atoms with E-state index in [-0.39, 0.29) is 16.3 Å². The smallest absolute Gasteiger partial charge is 0.283 e. The molecule has 21 heavy (non-hydrogen) atoms. The highest BCUT2D eigenvalue weighted by molar-refractivity contribution is 6.31. The van der Waals surface area contributed by atoms with E-state index in [9.17, 15) is 14.9 Å². The van der Waals surface area contributed by atoms with Crippen molar-refractivity contribution < 1.29 is 9.72 Å². The Hall–Kier alpha value is -1.62. The highest BCUT2D eigenvalue weighted by atomic mass is 35.5. The third-order valence-electron chi connectivity index (χ3n) is 3.50. The van der Waals surface area contributed by atoms with Crippen LogP contribution < -0.4 is 5.32 Å². The molecule has 0 aliphatic carbocycles. The summed E-state index contributed by atoms with van der Waals surface area (Å²) in [5.41, 5.74) is -0.212. The van der Waals surface area contributed by atoms with Crippen LogP contribution in [0.5, 0.6) is 0 Å². The number of nitro benzene ring substituents is 1. The Morgan fingerprint density at radius 2 is 2.14 bits per heavy atom. The Bertz CT molecular complexity index is 506. The van der Waals surface area contributed by atoms with Crippen LogP contribution in [0, 0.1) is 16.0 Å². The highest BCUT2D eigenvalue weighted by Crippen LogP contribution is 2.23. The molecule has 0 aliphatic heterocycles. The number of hydrogen-bond donors (Lipinski definition) is 1. The van der Waals surface area contributed by atoms with E-state index < -0.39 is 10.8 Å². The minimum atomic E-state index is -0.588. The standard InChI is InChI=1S/C15H21ClN2O3/c1-3-5-6-11(4-2)10-17-15(19)13-8-7-12(16)9-14(13)18(20)21/h7-9,11H,3-6,10H2,1-2H3,(H,17,19). The largest absolute Gasteiger partial charge is 0.352 e. The lowest BCUT2D eigenvalue weighted by Gasteiger charge is -2.15. The molecule has 0 spiro atoms. The highest BCUT2D eigenvalue weighted by Gasteiger charge is 2.20. The van der Waals surface area contributed by atoms with E-state index in [1.165, 1.54) is 18.2 Å². The summed E-state index contributed by atoms with van der Waals surface area (Å²) in [6.45, 7) is 4.74. The van der Waals surface area contributed by atoms with Gasteiger partial charge in [0.2, 0.25) is 0 Å². The van der Waals surface area contributed by atoms with Gasteiger partial charge in [0.05, 0.1) is 4.92 Å². The lowest BCUT2D eigenvalue weighted by Crippen LogP contribution is -2.29. The number of nitro groups is 1. The first-order chi connectivity index (χ1) is 9.99. The van der Waals surface area contributed by atoms with Gasteiger partial charge in [-0.3, -0.25) is 14.9 Å². The lowest BCUT2D eigenvalue weighted by molar-refractivity contribution is -0.385. The van der Waals surface area contributed by atoms with Crippen molar-refractivity contribution in [2.75, 3.05) is 6.54 Å². The van der Waals surface area contributed by atoms with Crippen molar-refractivity contribution >= 4 is 23.2 Å². The first kappa shape index (κ1) is 17.4. The molecule has 0 radical (unpaired) electrons. The van der Waals surface area contributed by atoms with Crippen molar-refractivity contribution in [3.8, 4) is 0 Å². The average molecular weight is 313 g/mol. The molecule has 0 aromatic heterocycles. The summed E-state index contributed by atoms with van der Waals surface area (Å²) in [6, 6.07) is 4.07. The SMILES string of the molecule is CCCCC(CC)CNC(=O)c1ccc(Cl)cc1[N+](=O)[O-]. The second-order valence-corrected chi connectivity index (χ2v) is 5.48. The minimum Gasteiger partial charge on any atom is -0.352 e. The second-order valence-electron chi connectivity index (χ2n) is 5.05. The van der Waals surface area contributed by atoms with Crippen molar-refractivity contribution in [3.05, 3.63) is 38.9 Å². The minimum absolute atomic E-state index is 0.0507. The van der Waals surface area contributed by atoms with Gasteiger partial charge in [0, 0.05) is 17.6 Å². The van der Waals surface area contributed by atoms with Crippen LogP contribution in [0.25, 0.3) is 0 Å². The van der Waals surface area contributed by atoms with Crippen molar-refractivity contribution in [2.24, 2.45) is 5.92 Å². The predicted octanol–water partition coefficient (Wildman–Crippen LogP) is 4.19. The summed E-state index contributed by atoms with van der Waals surface area (Å²) < 4.78 is 0. The molecule has 1 aromatic rings. The first-order valence-electron chi connectivity index (χ1n) is 7.21. The fourth-order valence-electron chi connectivity index (χ4n) is 2.12. The van der Waals surface area contributed by atoms with Crippen LogP contribution in [-0.4, -0.2) is 17.4 Å². The molecule has 1 N–H and O–H groups in total. The van der Waals surface area contributed by atoms with Gasteiger partial charge in [-0.2, -0.15) is 0 Å². The van der Waals surface area contributed by atoms with Crippen molar-refractivity contribution in [3.63, 3.8) is 0 Å². The van der Waals surface area contributed by atoms with Crippen molar-refractivity contribution in [1.29, 1.82) is 0 Å². The molecule has 0 saturated carbocycles. The summed E-state index contributed by atoms with van der Waals surface area (Å²) >= 11 is 5.74. The Kier molecular flexibility index (Phi) is 7.15. The molecule has 1 rings (SSSR count). The average Bonchev–Trinajstić information content (AvgIpc) is 2.47. The molecule has 1 unspecified atom stereocenters. The Balaban J connectivity index is 2.73. The zero-order valence-electron chi connectivity index (χ0n) is 12.4. The number of nitrogens with zero attached hydrogens (tertiary/aromatic N) is 1. The molecule has 0 fully saturated rings. The summed E-state index contributed by atoms with van der Waals surface area (Å²) in [5, 5.41) is 14.0. The van der Waals surface area contributed by atoms with Gasteiger partial charge in [-0.1, -0.05) is 44.7 Å². The molecule has 0 heterocycles. The van der Waals surface area contributed by atoms with Crippen molar-refractivity contribution in [1.82, 2.24) is 5.32 Å². The maximum atomic E-state index is 12.1. The number of halogens is 1. The third kappa shape index (κ3) is 5.34. The van der Waals surface area contributed by atoms with E-state index in [0.717, 1.165) is 25.7 Å². The van der Waals surface area contributed by atoms with Gasteiger partial charge >= 0.3 is 0 Å². The predicted molar refractivity (Wildman–Crippen MR) is 83.7 cm³/mol. The van der Waals surface area contributed by atoms with Crippen LogP contribution in [-0.2, 0) is 0 Å². The monoisotopic (exact) mass is 312 g/mol. The maximum Gasteiger partial charge on any atom is 0.283 e. The molecular formula is C15H21ClN2O3. The van der Waals surface area contributed by atoms with Gasteiger partial charge in [-0.15, -0.1) is 0 Å². The second kappa shape index (κ2) is 8.62. The molecule has 0 aliphatic rings. The van der Waals surface area contributed by atoms with E-state index in [4.69, 9.17) is 11.6 Å². The van der Waals surface area contributed by atoms with Crippen molar-refractivity contribution in [2.45, 2.75) is 39.5 Å². The zero-order valence-corrected chi connectivity index (χ0v) is 13.2. The number of hydrogen-bond acceptors (Lipinski definition) is 3. The molecule has 6 heteroatoms. The molecule has 1 atom stereocenters. The molecule has 0 bridgehead atoms. The molecule has 1 aromatic carbocycles. The lowest BCUT2D eigenvalue weighted by atomic mass is 9.99. The van der Waals surface area contributed by atoms with Crippen LogP contribution in [0.15, 0.2) is 18.2 Å². The topological polar surface area (TPSA) is 72.2 Å². The van der Waals surface area contributed by atoms with Gasteiger partial charge in [-0.05, 0) is 24.5 Å². The molecule has 5 nitrogen and oxygen atoms in total. The third-order valence-corrected chi connectivity index (χ3v) is 3.73. The molecule has 1 amide bonds. The number of amides is 1. The number of unbranched alkanes of at least 4 members (excludes halogenated alkanes) is 1. The van der Waals surface area contributed by atoms with Gasteiger partial charge in [0.25, 0.3) is 11.6 Å². The Morgan fingerprint density at radius 1 is 1.43 bits per heavy atom. The van der Waals surface area contributed by atoms with Crippen LogP contribution >= 0.6 is 11.6 Å². The van der Waals surface area contributed by atoms with E-state index >= 15 is 0 Å². The first-order valence-corrected chi connectivity index (χ1v) is 7.59. The molecule has 116 valence electrons. The number of rotatable bonds is 8. The van der Waals surface area contributed by atoms with E-state index in [1.54, 1.807) is 0 Å². The number of benzene rings is 1. The van der Waals surface area contributed by atoms with E-state index in [0.29, 0.717) is 12.5 Å². The fraction of sp³-hybridized carbons (Fsp3) is 0.533. The van der Waals surface area contributed by atoms with Crippen LogP contribution in [0.4, 0.5) is 5.69 Å². The van der Waals surface area contributed by atoms with Gasteiger partial charge < -0.3 is 5.32 Å². The zero-order chi connectivity index (χ0) is 15.8. The number of carbonyl (C=O) groups excluding carboxylic acids is 1. The van der Waals surface area contributed by atoms with Gasteiger partial charge in [0.1, 0.15) is 5.56 Å². The maximum absolute atomic E-state index is 12.1. The molecular weight excluding hydrogens is 292 g/mol. The van der Waals surface area contributed by atoms with E-state index in [1.807, 2.05) is 0 Å². The summed E-state index contributed by atoms with van der Waals surface area (Å²) in [5.74, 6) is -0.0198. The number of nitrogens with one attached hydrogen (secondary N) is 1. The summed E-state index contributed by atoms with van der Waals surface area (Å²) in [6.07, 6.45) is 4.27. The summed E-state index contributed by atoms with van der Waals surface area (Å²) in [7, 11) is 0. The summed E-state index contributed by atoms with van der Waals surface area (Å²) in [4.78, 5) is 22.5. The van der Waals surface area contributed by atoms with Gasteiger partial charge in [0.15, 0.2) is 0 Å². The van der Waals surface area contributed by atoms with Crippen LogP contribution in [0.3, 0.4) is 0 Å². The normalized spacial score (nSPS) is 12.0. The van der Waals surface area contributed by atoms with Gasteiger partial charge in [-0.25, -0.2) is 0 Å². The Morgan fingerprint density at radius 3 is 2.71 bits per heavy atom. The fourth-order valence-corrected chi connectivity index (χ4v) is 2.29. The molecule has 0 saturated heterocycles. The van der Waals surface area contributed by atoms with Crippen LogP contribution in [0.2, 0.25) is 5.02 Å². The van der Waals surface area contributed by atoms with Crippen LogP contribution in [0.1, 0.15) is 49.9 Å². The number of carbonyl (C=O) groups is 1. The van der Waals surface area contributed by atoms with E-state index in [2.05, 4.69) is 19.2 Å². The Labute approximate surface area is 129 Å². The quantitative estimate of drug-likeness (QED) is 0.577.